The van der Waals surface area contributed by atoms with Crippen LogP contribution < -0.4 is 15.5 Å². The molecule has 3 amide bonds. The highest BCUT2D eigenvalue weighted by molar-refractivity contribution is 6.39. The van der Waals surface area contributed by atoms with Crippen molar-refractivity contribution >= 4 is 29.1 Å². The smallest absolute Gasteiger partial charge is 0.313 e. The van der Waals surface area contributed by atoms with Crippen molar-refractivity contribution < 1.29 is 19.1 Å². The third kappa shape index (κ3) is 5.00. The van der Waals surface area contributed by atoms with Gasteiger partial charge >= 0.3 is 11.8 Å². The van der Waals surface area contributed by atoms with Crippen molar-refractivity contribution in [2.24, 2.45) is 0 Å². The number of hydrogen-bond donors (Lipinski definition) is 2. The first kappa shape index (κ1) is 20.5. The van der Waals surface area contributed by atoms with Gasteiger partial charge in [0.05, 0.1) is 6.10 Å². The molecule has 2 aromatic carbocycles. The van der Waals surface area contributed by atoms with Crippen LogP contribution >= 0.6 is 0 Å². The number of methoxy groups -OCH3 is 1. The molecule has 2 aromatic rings. The number of amides is 3. The first-order valence-electron chi connectivity index (χ1n) is 9.57. The second kappa shape index (κ2) is 9.34. The molecule has 7 heteroatoms. The van der Waals surface area contributed by atoms with E-state index in [-0.39, 0.29) is 18.6 Å². The lowest BCUT2D eigenvalue weighted by atomic mass is 10.0. The van der Waals surface area contributed by atoms with Crippen molar-refractivity contribution in [3.8, 4) is 0 Å². The normalized spacial score (nSPS) is 14.6. The molecular formula is C22H25N3O4. The quantitative estimate of drug-likeness (QED) is 0.736. The summed E-state index contributed by atoms with van der Waals surface area (Å²) in [4.78, 5) is 38.1. The van der Waals surface area contributed by atoms with E-state index in [0.717, 1.165) is 17.5 Å². The lowest BCUT2D eigenvalue weighted by Gasteiger charge is -2.18. The largest absolute Gasteiger partial charge is 0.375 e. The Bertz CT molecular complexity index is 912. The second-order valence-electron chi connectivity index (χ2n) is 6.94. The third-order valence-corrected chi connectivity index (χ3v) is 4.96. The van der Waals surface area contributed by atoms with E-state index in [9.17, 15) is 14.4 Å². The number of aryl methyl sites for hydroxylation is 1. The standard InChI is InChI=1S/C22H25N3O4/c1-15-7-3-4-10-18(15)19(29-2)14-23-21(27)22(28)24-16-8-5-9-17(13-16)25-12-6-11-20(25)26/h3-5,7-10,13,19H,6,11-12,14H2,1-2H3,(H,23,27)(H,24,28)/t19-/m1/s1. The first-order chi connectivity index (χ1) is 14.0. The molecule has 1 fully saturated rings. The minimum absolute atomic E-state index is 0.0630. The van der Waals surface area contributed by atoms with Crippen molar-refractivity contribution in [1.82, 2.24) is 5.32 Å². The zero-order valence-corrected chi connectivity index (χ0v) is 16.6. The first-order valence-corrected chi connectivity index (χ1v) is 9.57. The van der Waals surface area contributed by atoms with Gasteiger partial charge in [0.15, 0.2) is 0 Å². The maximum absolute atomic E-state index is 12.3. The lowest BCUT2D eigenvalue weighted by molar-refractivity contribution is -0.136. The summed E-state index contributed by atoms with van der Waals surface area (Å²) in [5.41, 5.74) is 3.18. The molecule has 7 nitrogen and oxygen atoms in total. The molecule has 0 aliphatic carbocycles. The van der Waals surface area contributed by atoms with Crippen LogP contribution in [0.2, 0.25) is 0 Å². The van der Waals surface area contributed by atoms with Gasteiger partial charge in [-0.1, -0.05) is 30.3 Å². The summed E-state index contributed by atoms with van der Waals surface area (Å²) in [5.74, 6) is -1.45. The molecule has 152 valence electrons. The highest BCUT2D eigenvalue weighted by atomic mass is 16.5. The number of nitrogens with one attached hydrogen (secondary N) is 2. The van der Waals surface area contributed by atoms with Gasteiger partial charge in [-0.2, -0.15) is 0 Å². The van der Waals surface area contributed by atoms with Crippen LogP contribution in [0.25, 0.3) is 0 Å². The van der Waals surface area contributed by atoms with Gasteiger partial charge in [0.25, 0.3) is 0 Å². The van der Waals surface area contributed by atoms with Gasteiger partial charge in [-0.15, -0.1) is 0 Å². The molecule has 1 aliphatic heterocycles. The Hall–Kier alpha value is -3.19. The van der Waals surface area contributed by atoms with E-state index in [4.69, 9.17) is 4.74 Å². The minimum Gasteiger partial charge on any atom is -0.375 e. The summed E-state index contributed by atoms with van der Waals surface area (Å²) >= 11 is 0. The maximum atomic E-state index is 12.3. The summed E-state index contributed by atoms with van der Waals surface area (Å²) in [7, 11) is 1.56. The van der Waals surface area contributed by atoms with Crippen molar-refractivity contribution in [1.29, 1.82) is 0 Å². The van der Waals surface area contributed by atoms with Crippen LogP contribution in [-0.2, 0) is 19.1 Å². The zero-order chi connectivity index (χ0) is 20.8. The van der Waals surface area contributed by atoms with Gasteiger partial charge in [-0.25, -0.2) is 0 Å². The molecule has 0 spiro atoms. The van der Waals surface area contributed by atoms with Gasteiger partial charge < -0.3 is 20.3 Å². The number of nitrogens with zero attached hydrogens (tertiary/aromatic N) is 1. The highest BCUT2D eigenvalue weighted by Crippen LogP contribution is 2.24. The van der Waals surface area contributed by atoms with Crippen LogP contribution in [0.4, 0.5) is 11.4 Å². The van der Waals surface area contributed by atoms with Crippen molar-refractivity contribution in [3.05, 3.63) is 59.7 Å². The van der Waals surface area contributed by atoms with E-state index in [1.54, 1.807) is 30.2 Å². The average Bonchev–Trinajstić information content (AvgIpc) is 3.15. The highest BCUT2D eigenvalue weighted by Gasteiger charge is 2.22. The van der Waals surface area contributed by atoms with Gasteiger partial charge in [0.2, 0.25) is 5.91 Å². The molecule has 2 N–H and O–H groups in total. The fourth-order valence-electron chi connectivity index (χ4n) is 3.39. The molecule has 0 bridgehead atoms. The summed E-state index contributed by atoms with van der Waals surface area (Å²) in [6.45, 7) is 2.80. The number of carbonyl (C=O) groups is 3. The second-order valence-corrected chi connectivity index (χ2v) is 6.94. The van der Waals surface area contributed by atoms with E-state index in [1.165, 1.54) is 0 Å². The molecule has 0 saturated carbocycles. The summed E-state index contributed by atoms with van der Waals surface area (Å²) in [6, 6.07) is 14.7. The predicted molar refractivity (Wildman–Crippen MR) is 111 cm³/mol. The van der Waals surface area contributed by atoms with Gasteiger partial charge in [-0.3, -0.25) is 14.4 Å². The van der Waals surface area contributed by atoms with Gasteiger partial charge in [0, 0.05) is 38.0 Å². The molecule has 0 aromatic heterocycles. The Morgan fingerprint density at radius 2 is 1.93 bits per heavy atom. The Morgan fingerprint density at radius 1 is 1.14 bits per heavy atom. The van der Waals surface area contributed by atoms with E-state index >= 15 is 0 Å². The topological polar surface area (TPSA) is 87.7 Å². The van der Waals surface area contributed by atoms with Crippen molar-refractivity contribution in [2.45, 2.75) is 25.9 Å². The number of carbonyl (C=O) groups excluding carboxylic acids is 3. The number of hydrogen-bond acceptors (Lipinski definition) is 4. The predicted octanol–water partition coefficient (Wildman–Crippen LogP) is 2.56. The van der Waals surface area contributed by atoms with E-state index < -0.39 is 11.8 Å². The number of anilines is 2. The fraction of sp³-hybridized carbons (Fsp3) is 0.318. The molecule has 3 rings (SSSR count). The Labute approximate surface area is 170 Å². The summed E-state index contributed by atoms with van der Waals surface area (Å²) in [5, 5.41) is 5.20. The molecule has 0 radical (unpaired) electrons. The lowest BCUT2D eigenvalue weighted by Crippen LogP contribution is -2.38. The molecule has 1 aliphatic rings. The van der Waals surface area contributed by atoms with Crippen molar-refractivity contribution in [3.63, 3.8) is 0 Å². The van der Waals surface area contributed by atoms with E-state index in [0.29, 0.717) is 24.3 Å². The van der Waals surface area contributed by atoms with Gasteiger partial charge in [0.1, 0.15) is 0 Å². The SMILES string of the molecule is CO[C@H](CNC(=O)C(=O)Nc1cccc(N2CCCC2=O)c1)c1ccccc1C. The van der Waals surface area contributed by atoms with Crippen LogP contribution in [0.5, 0.6) is 0 Å². The molecule has 0 unspecified atom stereocenters. The monoisotopic (exact) mass is 395 g/mol. The fourth-order valence-corrected chi connectivity index (χ4v) is 3.39. The number of benzene rings is 2. The summed E-state index contributed by atoms with van der Waals surface area (Å²) in [6.07, 6.45) is 0.998. The van der Waals surface area contributed by atoms with Crippen LogP contribution in [0.15, 0.2) is 48.5 Å². The molecule has 1 heterocycles. The molecular weight excluding hydrogens is 370 g/mol. The molecule has 1 atom stereocenters. The third-order valence-electron chi connectivity index (χ3n) is 4.96. The Kier molecular flexibility index (Phi) is 6.61. The van der Waals surface area contributed by atoms with E-state index in [2.05, 4.69) is 10.6 Å². The van der Waals surface area contributed by atoms with Crippen LogP contribution in [0.1, 0.15) is 30.1 Å². The Balaban J connectivity index is 1.59. The van der Waals surface area contributed by atoms with Gasteiger partial charge in [-0.05, 0) is 42.7 Å². The Morgan fingerprint density at radius 3 is 2.62 bits per heavy atom. The maximum Gasteiger partial charge on any atom is 0.313 e. The average molecular weight is 395 g/mol. The van der Waals surface area contributed by atoms with Crippen LogP contribution in [0.3, 0.4) is 0 Å². The van der Waals surface area contributed by atoms with Crippen LogP contribution in [-0.4, -0.2) is 37.9 Å². The van der Waals surface area contributed by atoms with Crippen molar-refractivity contribution in [2.75, 3.05) is 30.4 Å². The number of ether oxygens (including phenoxy) is 1. The number of rotatable bonds is 6. The summed E-state index contributed by atoms with van der Waals surface area (Å²) < 4.78 is 5.46. The van der Waals surface area contributed by atoms with E-state index in [1.807, 2.05) is 37.3 Å². The van der Waals surface area contributed by atoms with Crippen LogP contribution in [0, 0.1) is 6.92 Å². The molecule has 1 saturated heterocycles. The molecule has 29 heavy (non-hydrogen) atoms. The minimum atomic E-state index is -0.769. The zero-order valence-electron chi connectivity index (χ0n) is 16.6.